The number of hydrogen-bond donors (Lipinski definition) is 1. The molecule has 1 N–H and O–H groups in total. The van der Waals surface area contributed by atoms with Gasteiger partial charge in [0.2, 0.25) is 5.91 Å². The lowest BCUT2D eigenvalue weighted by molar-refractivity contribution is -0.0322. The number of thiophene rings is 1. The molecule has 2 aromatic heterocycles. The Labute approximate surface area is 190 Å². The van der Waals surface area contributed by atoms with E-state index in [0.717, 1.165) is 45.2 Å². The SMILES string of the molecule is CNC(=O)c1sc2ccccc2c1[C@H]1CN(Cc2cn(C(C)=O)c3ccccc23)CCO1. The molecule has 164 valence electrons. The van der Waals surface area contributed by atoms with Crippen LogP contribution in [0, 0.1) is 0 Å². The molecule has 3 heterocycles. The summed E-state index contributed by atoms with van der Waals surface area (Å²) in [5.74, 6) is -0.0706. The van der Waals surface area contributed by atoms with Crippen molar-refractivity contribution in [3.8, 4) is 0 Å². The van der Waals surface area contributed by atoms with Crippen molar-refractivity contribution >= 4 is 44.1 Å². The summed E-state index contributed by atoms with van der Waals surface area (Å²) in [5, 5.41) is 4.95. The predicted octanol–water partition coefficient (Wildman–Crippen LogP) is 4.45. The second kappa shape index (κ2) is 8.50. The standard InChI is InChI=1S/C25H25N3O3S/c1-16(29)28-14-17(18-7-3-5-9-20(18)28)13-27-11-12-31-21(15-27)23-19-8-4-6-10-22(19)32-24(23)25(30)26-2/h3-10,14,21H,11-13,15H2,1-2H3,(H,26,30)/t21-/m1/s1. The van der Waals surface area contributed by atoms with Gasteiger partial charge < -0.3 is 10.1 Å². The summed E-state index contributed by atoms with van der Waals surface area (Å²) in [6, 6.07) is 16.1. The molecule has 7 heteroatoms. The fourth-order valence-corrected chi connectivity index (χ4v) is 5.77. The van der Waals surface area contributed by atoms with Crippen LogP contribution in [0.1, 0.15) is 38.6 Å². The Kier molecular flexibility index (Phi) is 5.55. The molecule has 4 aromatic rings. The third-order valence-electron chi connectivity index (χ3n) is 6.07. The molecule has 1 aliphatic heterocycles. The summed E-state index contributed by atoms with van der Waals surface area (Å²) in [6.07, 6.45) is 1.77. The van der Waals surface area contributed by atoms with Gasteiger partial charge in [0.1, 0.15) is 0 Å². The van der Waals surface area contributed by atoms with Gasteiger partial charge in [0.25, 0.3) is 5.91 Å². The minimum atomic E-state index is -0.187. The van der Waals surface area contributed by atoms with Gasteiger partial charge >= 0.3 is 0 Å². The molecule has 6 nitrogen and oxygen atoms in total. The van der Waals surface area contributed by atoms with E-state index in [9.17, 15) is 9.59 Å². The number of ether oxygens (including phenoxy) is 1. The van der Waals surface area contributed by atoms with E-state index >= 15 is 0 Å². The molecule has 0 radical (unpaired) electrons. The highest BCUT2D eigenvalue weighted by Gasteiger charge is 2.30. The first-order chi connectivity index (χ1) is 15.6. The van der Waals surface area contributed by atoms with Crippen LogP contribution < -0.4 is 5.32 Å². The molecular formula is C25H25N3O3S. The van der Waals surface area contributed by atoms with E-state index in [1.807, 2.05) is 42.6 Å². The van der Waals surface area contributed by atoms with Crippen LogP contribution in [-0.2, 0) is 11.3 Å². The van der Waals surface area contributed by atoms with Crippen molar-refractivity contribution in [1.29, 1.82) is 0 Å². The maximum Gasteiger partial charge on any atom is 0.261 e. The molecule has 1 amide bonds. The number of nitrogens with one attached hydrogen (secondary N) is 1. The average Bonchev–Trinajstić information content (AvgIpc) is 3.38. The maximum absolute atomic E-state index is 12.6. The van der Waals surface area contributed by atoms with Crippen molar-refractivity contribution in [2.24, 2.45) is 0 Å². The average molecular weight is 448 g/mol. The van der Waals surface area contributed by atoms with Crippen LogP contribution in [0.3, 0.4) is 0 Å². The van der Waals surface area contributed by atoms with Crippen LogP contribution in [0.4, 0.5) is 0 Å². The van der Waals surface area contributed by atoms with Gasteiger partial charge in [-0.3, -0.25) is 19.1 Å². The van der Waals surface area contributed by atoms with Gasteiger partial charge in [-0.2, -0.15) is 0 Å². The Bertz CT molecular complexity index is 1320. The van der Waals surface area contributed by atoms with Gasteiger partial charge in [-0.25, -0.2) is 0 Å². The summed E-state index contributed by atoms with van der Waals surface area (Å²) >= 11 is 1.51. The molecule has 0 bridgehead atoms. The van der Waals surface area contributed by atoms with E-state index in [0.29, 0.717) is 18.0 Å². The van der Waals surface area contributed by atoms with Gasteiger partial charge in [0, 0.05) is 55.5 Å². The highest BCUT2D eigenvalue weighted by Crippen LogP contribution is 2.38. The Hall–Kier alpha value is -3.00. The van der Waals surface area contributed by atoms with Gasteiger partial charge in [-0.05, 0) is 23.1 Å². The van der Waals surface area contributed by atoms with Crippen LogP contribution in [0.2, 0.25) is 0 Å². The van der Waals surface area contributed by atoms with Crippen LogP contribution in [0.25, 0.3) is 21.0 Å². The Morgan fingerprint density at radius 2 is 1.88 bits per heavy atom. The van der Waals surface area contributed by atoms with Crippen molar-refractivity contribution in [3.63, 3.8) is 0 Å². The lowest BCUT2D eigenvalue weighted by Crippen LogP contribution is -2.38. The van der Waals surface area contributed by atoms with Gasteiger partial charge in [-0.1, -0.05) is 36.4 Å². The molecule has 0 spiro atoms. The molecule has 0 aliphatic carbocycles. The minimum Gasteiger partial charge on any atom is -0.371 e. The molecule has 5 rings (SSSR count). The number of para-hydroxylation sites is 1. The van der Waals surface area contributed by atoms with Gasteiger partial charge in [-0.15, -0.1) is 11.3 Å². The number of aromatic nitrogens is 1. The summed E-state index contributed by atoms with van der Waals surface area (Å²) in [4.78, 5) is 27.8. The molecular weight excluding hydrogens is 422 g/mol. The first-order valence-corrected chi connectivity index (χ1v) is 11.6. The summed E-state index contributed by atoms with van der Waals surface area (Å²) in [7, 11) is 1.66. The zero-order valence-electron chi connectivity index (χ0n) is 18.1. The second-order valence-corrected chi connectivity index (χ2v) is 9.13. The number of rotatable bonds is 4. The normalized spacial score (nSPS) is 17.1. The van der Waals surface area contributed by atoms with Crippen molar-refractivity contribution in [2.75, 3.05) is 26.7 Å². The number of fused-ring (bicyclic) bond motifs is 2. The summed E-state index contributed by atoms with van der Waals surface area (Å²) in [6.45, 7) is 4.38. The largest absolute Gasteiger partial charge is 0.371 e. The third-order valence-corrected chi connectivity index (χ3v) is 7.25. The Morgan fingerprint density at radius 1 is 1.12 bits per heavy atom. The highest BCUT2D eigenvalue weighted by molar-refractivity contribution is 7.21. The number of morpholine rings is 1. The predicted molar refractivity (Wildman–Crippen MR) is 127 cm³/mol. The smallest absolute Gasteiger partial charge is 0.261 e. The lowest BCUT2D eigenvalue weighted by Gasteiger charge is -2.33. The van der Waals surface area contributed by atoms with E-state index in [-0.39, 0.29) is 17.9 Å². The van der Waals surface area contributed by atoms with Crippen LogP contribution in [0.5, 0.6) is 0 Å². The number of hydrogen-bond acceptors (Lipinski definition) is 5. The molecule has 1 fully saturated rings. The van der Waals surface area contributed by atoms with E-state index in [1.54, 1.807) is 18.5 Å². The molecule has 0 unspecified atom stereocenters. The van der Waals surface area contributed by atoms with Crippen LogP contribution in [-0.4, -0.2) is 48.0 Å². The number of carbonyl (C=O) groups excluding carboxylic acids is 2. The van der Waals surface area contributed by atoms with Crippen LogP contribution in [0.15, 0.2) is 54.7 Å². The minimum absolute atomic E-state index is 0.00673. The first-order valence-electron chi connectivity index (χ1n) is 10.7. The lowest BCUT2D eigenvalue weighted by atomic mass is 10.0. The third kappa shape index (κ3) is 3.62. The molecule has 32 heavy (non-hydrogen) atoms. The number of benzene rings is 2. The van der Waals surface area contributed by atoms with E-state index in [2.05, 4.69) is 22.3 Å². The number of nitrogens with zero attached hydrogens (tertiary/aromatic N) is 2. The molecule has 2 aromatic carbocycles. The fourth-order valence-electron chi connectivity index (χ4n) is 4.57. The molecule has 1 aliphatic rings. The Morgan fingerprint density at radius 3 is 2.66 bits per heavy atom. The van der Waals surface area contributed by atoms with Crippen molar-refractivity contribution in [1.82, 2.24) is 14.8 Å². The number of amides is 1. The molecule has 0 saturated carbocycles. The maximum atomic E-state index is 12.6. The topological polar surface area (TPSA) is 63.6 Å². The number of carbonyl (C=O) groups is 2. The molecule has 1 saturated heterocycles. The monoisotopic (exact) mass is 447 g/mol. The van der Waals surface area contributed by atoms with E-state index in [4.69, 9.17) is 4.74 Å². The molecule has 1 atom stereocenters. The summed E-state index contributed by atoms with van der Waals surface area (Å²) in [5.41, 5.74) is 3.03. The second-order valence-electron chi connectivity index (χ2n) is 8.08. The zero-order valence-corrected chi connectivity index (χ0v) is 18.9. The van der Waals surface area contributed by atoms with Crippen molar-refractivity contribution < 1.29 is 14.3 Å². The van der Waals surface area contributed by atoms with Gasteiger partial charge in [0.15, 0.2) is 0 Å². The highest BCUT2D eigenvalue weighted by atomic mass is 32.1. The van der Waals surface area contributed by atoms with Crippen molar-refractivity contribution in [2.45, 2.75) is 19.6 Å². The van der Waals surface area contributed by atoms with Gasteiger partial charge in [0.05, 0.1) is 23.1 Å². The summed E-state index contributed by atoms with van der Waals surface area (Å²) < 4.78 is 9.00. The van der Waals surface area contributed by atoms with E-state index in [1.165, 1.54) is 11.3 Å². The zero-order chi connectivity index (χ0) is 22.2. The fraction of sp³-hybridized carbons (Fsp3) is 0.280. The Balaban J connectivity index is 1.47. The van der Waals surface area contributed by atoms with Crippen molar-refractivity contribution in [3.05, 3.63) is 70.7 Å². The first kappa shape index (κ1) is 20.9. The quantitative estimate of drug-likeness (QED) is 0.502. The van der Waals surface area contributed by atoms with E-state index < -0.39 is 0 Å². The van der Waals surface area contributed by atoms with Crippen LogP contribution >= 0.6 is 11.3 Å².